The summed E-state index contributed by atoms with van der Waals surface area (Å²) < 4.78 is 27.4. The summed E-state index contributed by atoms with van der Waals surface area (Å²) in [6.07, 6.45) is 0.987. The van der Waals surface area contributed by atoms with Crippen molar-refractivity contribution < 1.29 is 23.5 Å². The molecule has 134 valence electrons. The van der Waals surface area contributed by atoms with Gasteiger partial charge in [0.2, 0.25) is 5.91 Å². The summed E-state index contributed by atoms with van der Waals surface area (Å²) in [4.78, 5) is 26.1. The topological polar surface area (TPSA) is 57.6 Å². The van der Waals surface area contributed by atoms with Crippen LogP contribution in [0, 0.1) is 17.6 Å². The molecule has 1 aliphatic carbocycles. The maximum atomic E-state index is 14.0. The normalized spacial score (nSPS) is 24.1. The van der Waals surface area contributed by atoms with Crippen LogP contribution in [0.3, 0.4) is 0 Å². The van der Waals surface area contributed by atoms with Crippen molar-refractivity contribution in [1.29, 1.82) is 0 Å². The van der Waals surface area contributed by atoms with E-state index in [1.807, 2.05) is 12.1 Å². The van der Waals surface area contributed by atoms with Gasteiger partial charge in [-0.25, -0.2) is 13.6 Å². The Morgan fingerprint density at radius 2 is 1.77 bits per heavy atom. The third-order valence-corrected chi connectivity index (χ3v) is 5.29. The van der Waals surface area contributed by atoms with Crippen molar-refractivity contribution in [3.8, 4) is 0 Å². The Labute approximate surface area is 149 Å². The molecule has 26 heavy (non-hydrogen) atoms. The highest BCUT2D eigenvalue weighted by Crippen LogP contribution is 2.50. The number of aliphatic carboxylic acids is 1. The molecule has 1 fully saturated rings. The standard InChI is InChI=1S/C20H17F2NO3/c21-16-7-3-6-13(17(16)22)14-10-15(14)19(24)23-9-8-11-4-1-2-5-12(11)18(23)20(25)26/h1-7,14-15,18H,8-10H2,(H,25,26). The first-order valence-electron chi connectivity index (χ1n) is 8.54. The van der Waals surface area contributed by atoms with Gasteiger partial charge >= 0.3 is 5.97 Å². The first-order chi connectivity index (χ1) is 12.5. The van der Waals surface area contributed by atoms with Crippen molar-refractivity contribution in [1.82, 2.24) is 4.90 Å². The van der Waals surface area contributed by atoms with Crippen molar-refractivity contribution in [3.63, 3.8) is 0 Å². The van der Waals surface area contributed by atoms with Crippen molar-refractivity contribution >= 4 is 11.9 Å². The summed E-state index contributed by atoms with van der Waals surface area (Å²) in [5.41, 5.74) is 1.73. The summed E-state index contributed by atoms with van der Waals surface area (Å²) in [6, 6.07) is 10.1. The van der Waals surface area contributed by atoms with Crippen LogP contribution >= 0.6 is 0 Å². The van der Waals surface area contributed by atoms with Crippen LogP contribution in [-0.2, 0) is 16.0 Å². The Morgan fingerprint density at radius 3 is 2.54 bits per heavy atom. The van der Waals surface area contributed by atoms with Crippen molar-refractivity contribution in [2.24, 2.45) is 5.92 Å². The Kier molecular flexibility index (Phi) is 3.98. The van der Waals surface area contributed by atoms with Crippen LogP contribution in [0.1, 0.15) is 35.1 Å². The van der Waals surface area contributed by atoms with E-state index in [2.05, 4.69) is 0 Å². The first kappa shape index (κ1) is 16.7. The molecule has 1 aliphatic heterocycles. The van der Waals surface area contributed by atoms with Gasteiger partial charge in [0.15, 0.2) is 17.7 Å². The van der Waals surface area contributed by atoms with Crippen LogP contribution in [-0.4, -0.2) is 28.4 Å². The summed E-state index contributed by atoms with van der Waals surface area (Å²) in [5, 5.41) is 9.67. The predicted molar refractivity (Wildman–Crippen MR) is 89.4 cm³/mol. The molecule has 0 aromatic heterocycles. The maximum Gasteiger partial charge on any atom is 0.331 e. The molecule has 1 amide bonds. The average molecular weight is 357 g/mol. The van der Waals surface area contributed by atoms with Gasteiger partial charge in [-0.05, 0) is 41.5 Å². The van der Waals surface area contributed by atoms with E-state index in [1.165, 1.54) is 17.0 Å². The molecule has 2 aliphatic rings. The highest BCUT2D eigenvalue weighted by atomic mass is 19.2. The largest absolute Gasteiger partial charge is 0.479 e. The predicted octanol–water partition coefficient (Wildman–Crippen LogP) is 3.28. The quantitative estimate of drug-likeness (QED) is 0.917. The molecule has 1 saturated carbocycles. The van der Waals surface area contributed by atoms with Crippen LogP contribution in [0.15, 0.2) is 42.5 Å². The SMILES string of the molecule is O=C(O)C1c2ccccc2CCN1C(=O)C1CC1c1cccc(F)c1F. The summed E-state index contributed by atoms with van der Waals surface area (Å²) in [5.74, 6) is -4.15. The molecule has 0 radical (unpaired) electrons. The van der Waals surface area contributed by atoms with E-state index in [-0.39, 0.29) is 11.5 Å². The minimum atomic E-state index is -1.08. The molecule has 1 N–H and O–H groups in total. The molecule has 1 heterocycles. The van der Waals surface area contributed by atoms with Crippen molar-refractivity contribution in [2.75, 3.05) is 6.54 Å². The van der Waals surface area contributed by atoms with Gasteiger partial charge in [0.1, 0.15) is 0 Å². The van der Waals surface area contributed by atoms with Gasteiger partial charge in [0.05, 0.1) is 0 Å². The first-order valence-corrected chi connectivity index (χ1v) is 8.54. The van der Waals surface area contributed by atoms with Gasteiger partial charge in [-0.1, -0.05) is 36.4 Å². The smallest absolute Gasteiger partial charge is 0.331 e. The van der Waals surface area contributed by atoms with Gasteiger partial charge in [0.25, 0.3) is 0 Å². The molecular formula is C20H17F2NO3. The lowest BCUT2D eigenvalue weighted by Crippen LogP contribution is -2.44. The Bertz CT molecular complexity index is 898. The zero-order valence-corrected chi connectivity index (χ0v) is 13.9. The molecule has 4 rings (SSSR count). The fourth-order valence-electron chi connectivity index (χ4n) is 3.90. The number of amides is 1. The summed E-state index contributed by atoms with van der Waals surface area (Å²) >= 11 is 0. The lowest BCUT2D eigenvalue weighted by molar-refractivity contribution is -0.151. The van der Waals surface area contributed by atoms with E-state index >= 15 is 0 Å². The third-order valence-electron chi connectivity index (χ3n) is 5.29. The Morgan fingerprint density at radius 1 is 1.04 bits per heavy atom. The highest BCUT2D eigenvalue weighted by molar-refractivity contribution is 5.89. The number of fused-ring (bicyclic) bond motifs is 1. The van der Waals surface area contributed by atoms with E-state index in [4.69, 9.17) is 0 Å². The second-order valence-electron chi connectivity index (χ2n) is 6.81. The number of benzene rings is 2. The lowest BCUT2D eigenvalue weighted by Gasteiger charge is -2.35. The van der Waals surface area contributed by atoms with Crippen LogP contribution in [0.2, 0.25) is 0 Å². The molecule has 0 bridgehead atoms. The molecule has 3 unspecified atom stereocenters. The number of carbonyl (C=O) groups is 2. The number of nitrogens with zero attached hydrogens (tertiary/aromatic N) is 1. The van der Waals surface area contributed by atoms with Gasteiger partial charge in [-0.15, -0.1) is 0 Å². The number of hydrogen-bond acceptors (Lipinski definition) is 2. The molecular weight excluding hydrogens is 340 g/mol. The monoisotopic (exact) mass is 357 g/mol. The zero-order valence-electron chi connectivity index (χ0n) is 13.9. The molecule has 2 aromatic carbocycles. The third kappa shape index (κ3) is 2.66. The van der Waals surface area contributed by atoms with E-state index < -0.39 is 35.5 Å². The molecule has 0 spiro atoms. The van der Waals surface area contributed by atoms with Crippen molar-refractivity contribution in [3.05, 3.63) is 70.8 Å². The van der Waals surface area contributed by atoms with Crippen LogP contribution < -0.4 is 0 Å². The van der Waals surface area contributed by atoms with E-state index in [0.29, 0.717) is 24.9 Å². The Hall–Kier alpha value is -2.76. The molecule has 2 aromatic rings. The van der Waals surface area contributed by atoms with Gasteiger partial charge in [-0.2, -0.15) is 0 Å². The maximum absolute atomic E-state index is 14.0. The second kappa shape index (κ2) is 6.20. The summed E-state index contributed by atoms with van der Waals surface area (Å²) in [7, 11) is 0. The molecule has 4 nitrogen and oxygen atoms in total. The average Bonchev–Trinajstić information content (AvgIpc) is 3.42. The second-order valence-corrected chi connectivity index (χ2v) is 6.81. The number of rotatable bonds is 3. The van der Waals surface area contributed by atoms with Gasteiger partial charge in [0, 0.05) is 12.5 Å². The minimum Gasteiger partial charge on any atom is -0.479 e. The number of hydrogen-bond donors (Lipinski definition) is 1. The van der Waals surface area contributed by atoms with E-state index in [9.17, 15) is 23.5 Å². The number of halogens is 2. The number of carboxylic acids is 1. The number of carbonyl (C=O) groups excluding carboxylic acids is 1. The van der Waals surface area contributed by atoms with E-state index in [0.717, 1.165) is 11.6 Å². The lowest BCUT2D eigenvalue weighted by atomic mass is 9.92. The van der Waals surface area contributed by atoms with E-state index in [1.54, 1.807) is 12.1 Å². The Balaban J connectivity index is 1.59. The molecule has 3 atom stereocenters. The minimum absolute atomic E-state index is 0.188. The van der Waals surface area contributed by atoms with Gasteiger partial charge in [-0.3, -0.25) is 4.79 Å². The fourth-order valence-corrected chi connectivity index (χ4v) is 3.90. The van der Waals surface area contributed by atoms with Crippen LogP contribution in [0.5, 0.6) is 0 Å². The number of carboxylic acid groups (broad SMARTS) is 1. The highest BCUT2D eigenvalue weighted by Gasteiger charge is 2.49. The van der Waals surface area contributed by atoms with Gasteiger partial charge < -0.3 is 10.0 Å². The zero-order chi connectivity index (χ0) is 18.4. The fraction of sp³-hybridized carbons (Fsp3) is 0.300. The summed E-state index contributed by atoms with van der Waals surface area (Å²) in [6.45, 7) is 0.307. The van der Waals surface area contributed by atoms with Crippen LogP contribution in [0.25, 0.3) is 0 Å². The molecule has 6 heteroatoms. The van der Waals surface area contributed by atoms with Crippen LogP contribution in [0.4, 0.5) is 8.78 Å². The van der Waals surface area contributed by atoms with Crippen molar-refractivity contribution in [2.45, 2.75) is 24.8 Å². The molecule has 0 saturated heterocycles.